The maximum absolute atomic E-state index is 4.89. The summed E-state index contributed by atoms with van der Waals surface area (Å²) in [6.45, 7) is 5.03. The molecule has 28 heavy (non-hydrogen) atoms. The summed E-state index contributed by atoms with van der Waals surface area (Å²) in [6.07, 6.45) is 0. The van der Waals surface area contributed by atoms with Crippen molar-refractivity contribution in [2.45, 2.75) is 13.8 Å². The molecule has 0 aliphatic rings. The van der Waals surface area contributed by atoms with Crippen LogP contribution in [0.3, 0.4) is 0 Å². The number of halogens is 1. The zero-order chi connectivity index (χ0) is 18.6. The van der Waals surface area contributed by atoms with Crippen LogP contribution in [-0.4, -0.2) is 16.5 Å². The number of hydrogen-bond donors (Lipinski definition) is 1. The molecule has 0 amide bonds. The highest BCUT2D eigenvalue weighted by Crippen LogP contribution is 2.31. The van der Waals surface area contributed by atoms with Gasteiger partial charge in [0.15, 0.2) is 0 Å². The van der Waals surface area contributed by atoms with Crippen LogP contribution in [0.5, 0.6) is 0 Å². The standard InChI is InChI=1S/C23H22N4.ClH/c1-3-27(18-12-5-4-6-13-18)22-19-14-8-10-16-21(19)25-23(26-22)24-20-15-9-7-11-17(20)2;/h4-16H,3H2,1-2H3,(H,24,25,26);1H. The molecule has 3 aromatic carbocycles. The minimum atomic E-state index is 0. The number of anilines is 4. The van der Waals surface area contributed by atoms with Crippen molar-refractivity contribution in [3.05, 3.63) is 84.4 Å². The Morgan fingerprint density at radius 1 is 0.821 bits per heavy atom. The smallest absolute Gasteiger partial charge is 0.229 e. The Labute approximate surface area is 171 Å². The van der Waals surface area contributed by atoms with E-state index in [9.17, 15) is 0 Å². The Balaban J connectivity index is 0.00000225. The normalized spacial score (nSPS) is 10.4. The van der Waals surface area contributed by atoms with Crippen LogP contribution in [-0.2, 0) is 0 Å². The van der Waals surface area contributed by atoms with E-state index in [2.05, 4.69) is 48.3 Å². The van der Waals surface area contributed by atoms with Crippen molar-refractivity contribution in [1.29, 1.82) is 0 Å². The molecule has 0 aliphatic carbocycles. The molecule has 4 rings (SSSR count). The van der Waals surface area contributed by atoms with E-state index >= 15 is 0 Å². The lowest BCUT2D eigenvalue weighted by Crippen LogP contribution is -2.18. The Kier molecular flexibility index (Phi) is 6.12. The largest absolute Gasteiger partial charge is 0.326 e. The third-order valence-corrected chi connectivity index (χ3v) is 4.61. The van der Waals surface area contributed by atoms with Crippen LogP contribution in [0.4, 0.5) is 23.1 Å². The molecule has 0 radical (unpaired) electrons. The molecule has 0 bridgehead atoms. The van der Waals surface area contributed by atoms with Crippen LogP contribution >= 0.6 is 12.4 Å². The first kappa shape index (κ1) is 19.6. The number of aromatic nitrogens is 2. The van der Waals surface area contributed by atoms with Crippen molar-refractivity contribution < 1.29 is 0 Å². The molecule has 0 fully saturated rings. The molecule has 0 atom stereocenters. The van der Waals surface area contributed by atoms with Gasteiger partial charge in [0, 0.05) is 23.3 Å². The maximum atomic E-state index is 4.89. The second kappa shape index (κ2) is 8.72. The van der Waals surface area contributed by atoms with Crippen LogP contribution in [0.2, 0.25) is 0 Å². The second-order valence-electron chi connectivity index (χ2n) is 6.41. The van der Waals surface area contributed by atoms with Crippen molar-refractivity contribution in [2.75, 3.05) is 16.8 Å². The van der Waals surface area contributed by atoms with Crippen molar-refractivity contribution >= 4 is 46.5 Å². The van der Waals surface area contributed by atoms with E-state index in [1.807, 2.05) is 54.6 Å². The fraction of sp³-hybridized carbons (Fsp3) is 0.130. The van der Waals surface area contributed by atoms with Gasteiger partial charge < -0.3 is 10.2 Å². The Bertz CT molecular complexity index is 1070. The maximum Gasteiger partial charge on any atom is 0.229 e. The van der Waals surface area contributed by atoms with Crippen LogP contribution in [0.15, 0.2) is 78.9 Å². The van der Waals surface area contributed by atoms with Crippen LogP contribution in [0.1, 0.15) is 12.5 Å². The molecule has 142 valence electrons. The highest BCUT2D eigenvalue weighted by Gasteiger charge is 2.15. The SMILES string of the molecule is CCN(c1ccccc1)c1nc(Nc2ccccc2C)nc2ccccc12.Cl. The summed E-state index contributed by atoms with van der Waals surface area (Å²) < 4.78 is 0. The van der Waals surface area contributed by atoms with Crippen molar-refractivity contribution in [3.63, 3.8) is 0 Å². The van der Waals surface area contributed by atoms with E-state index in [1.165, 1.54) is 0 Å². The first-order chi connectivity index (χ1) is 13.3. The minimum absolute atomic E-state index is 0. The van der Waals surface area contributed by atoms with Gasteiger partial charge in [-0.1, -0.05) is 48.5 Å². The Morgan fingerprint density at radius 2 is 1.50 bits per heavy atom. The molecule has 0 saturated heterocycles. The molecule has 4 aromatic rings. The summed E-state index contributed by atoms with van der Waals surface area (Å²) in [7, 11) is 0. The van der Waals surface area contributed by atoms with Gasteiger partial charge in [0.2, 0.25) is 5.95 Å². The molecule has 1 N–H and O–H groups in total. The van der Waals surface area contributed by atoms with E-state index < -0.39 is 0 Å². The topological polar surface area (TPSA) is 41.1 Å². The van der Waals surface area contributed by atoms with Gasteiger partial charge in [-0.05, 0) is 49.7 Å². The average Bonchev–Trinajstić information content (AvgIpc) is 2.71. The monoisotopic (exact) mass is 390 g/mol. The lowest BCUT2D eigenvalue weighted by molar-refractivity contribution is 0.992. The zero-order valence-electron chi connectivity index (χ0n) is 16.0. The third kappa shape index (κ3) is 3.92. The summed E-state index contributed by atoms with van der Waals surface area (Å²) in [5.74, 6) is 1.51. The molecule has 5 heteroatoms. The number of fused-ring (bicyclic) bond motifs is 1. The third-order valence-electron chi connectivity index (χ3n) is 4.61. The molecule has 1 heterocycles. The van der Waals surface area contributed by atoms with Gasteiger partial charge in [0.1, 0.15) is 5.82 Å². The van der Waals surface area contributed by atoms with Crippen molar-refractivity contribution in [1.82, 2.24) is 9.97 Å². The second-order valence-corrected chi connectivity index (χ2v) is 6.41. The molecule has 4 nitrogen and oxygen atoms in total. The van der Waals surface area contributed by atoms with Gasteiger partial charge in [0.25, 0.3) is 0 Å². The molecule has 1 aromatic heterocycles. The summed E-state index contributed by atoms with van der Waals surface area (Å²) >= 11 is 0. The van der Waals surface area contributed by atoms with E-state index in [0.717, 1.165) is 40.2 Å². The molecule has 0 saturated carbocycles. The molecule has 0 aliphatic heterocycles. The molecular formula is C23H23ClN4. The van der Waals surface area contributed by atoms with Crippen LogP contribution < -0.4 is 10.2 Å². The summed E-state index contributed by atoms with van der Waals surface area (Å²) in [6, 6.07) is 26.6. The highest BCUT2D eigenvalue weighted by atomic mass is 35.5. The zero-order valence-corrected chi connectivity index (χ0v) is 16.8. The number of aryl methyl sites for hydroxylation is 1. The van der Waals surface area contributed by atoms with Crippen molar-refractivity contribution in [3.8, 4) is 0 Å². The molecule has 0 spiro atoms. The molecular weight excluding hydrogens is 368 g/mol. The predicted molar refractivity (Wildman–Crippen MR) is 120 cm³/mol. The van der Waals surface area contributed by atoms with Gasteiger partial charge in [-0.2, -0.15) is 4.98 Å². The highest BCUT2D eigenvalue weighted by molar-refractivity contribution is 5.92. The average molecular weight is 391 g/mol. The number of benzene rings is 3. The van der Waals surface area contributed by atoms with Crippen molar-refractivity contribution in [2.24, 2.45) is 0 Å². The first-order valence-corrected chi connectivity index (χ1v) is 9.18. The number of rotatable bonds is 5. The quantitative estimate of drug-likeness (QED) is 0.436. The van der Waals surface area contributed by atoms with Crippen LogP contribution in [0, 0.1) is 6.92 Å². The fourth-order valence-corrected chi connectivity index (χ4v) is 3.22. The van der Waals surface area contributed by atoms with E-state index in [0.29, 0.717) is 5.95 Å². The summed E-state index contributed by atoms with van der Waals surface area (Å²) in [5, 5.41) is 4.43. The number of para-hydroxylation sites is 3. The minimum Gasteiger partial charge on any atom is -0.326 e. The predicted octanol–water partition coefficient (Wildman–Crippen LogP) is 6.26. The fourth-order valence-electron chi connectivity index (χ4n) is 3.22. The van der Waals surface area contributed by atoms with E-state index in [1.54, 1.807) is 0 Å². The van der Waals surface area contributed by atoms with E-state index in [-0.39, 0.29) is 12.4 Å². The van der Waals surface area contributed by atoms with Gasteiger partial charge in [-0.15, -0.1) is 12.4 Å². The Morgan fingerprint density at radius 3 is 2.25 bits per heavy atom. The van der Waals surface area contributed by atoms with Gasteiger partial charge >= 0.3 is 0 Å². The number of nitrogens with zero attached hydrogens (tertiary/aromatic N) is 3. The van der Waals surface area contributed by atoms with E-state index in [4.69, 9.17) is 9.97 Å². The van der Waals surface area contributed by atoms with Gasteiger partial charge in [-0.3, -0.25) is 0 Å². The number of nitrogens with one attached hydrogen (secondary N) is 1. The lowest BCUT2D eigenvalue weighted by Gasteiger charge is -2.24. The van der Waals surface area contributed by atoms with Crippen LogP contribution in [0.25, 0.3) is 10.9 Å². The number of hydrogen-bond acceptors (Lipinski definition) is 4. The van der Waals surface area contributed by atoms with Gasteiger partial charge in [-0.25, -0.2) is 4.98 Å². The lowest BCUT2D eigenvalue weighted by atomic mass is 10.2. The summed E-state index contributed by atoms with van der Waals surface area (Å²) in [4.78, 5) is 11.8. The first-order valence-electron chi connectivity index (χ1n) is 9.18. The molecule has 0 unspecified atom stereocenters. The Hall–Kier alpha value is -3.11. The summed E-state index contributed by atoms with van der Waals surface area (Å²) in [5.41, 5.74) is 4.21. The van der Waals surface area contributed by atoms with Gasteiger partial charge in [0.05, 0.1) is 5.52 Å².